The maximum atomic E-state index is 5.56. The molecule has 74 valence electrons. The van der Waals surface area contributed by atoms with Crippen molar-refractivity contribution in [1.29, 1.82) is 0 Å². The average molecular weight is 208 g/mol. The Morgan fingerprint density at radius 3 is 2.57 bits per heavy atom. The first-order valence-corrected chi connectivity index (χ1v) is 5.48. The van der Waals surface area contributed by atoms with Crippen LogP contribution in [0.2, 0.25) is 0 Å². The van der Waals surface area contributed by atoms with Gasteiger partial charge in [-0.15, -0.1) is 5.10 Å². The summed E-state index contributed by atoms with van der Waals surface area (Å²) in [5, 5.41) is 7.52. The summed E-state index contributed by atoms with van der Waals surface area (Å²) < 4.78 is 0. The van der Waals surface area contributed by atoms with Gasteiger partial charge in [0.15, 0.2) is 0 Å². The van der Waals surface area contributed by atoms with Gasteiger partial charge in [-0.1, -0.05) is 35.4 Å². The van der Waals surface area contributed by atoms with Crippen molar-refractivity contribution in [2.24, 2.45) is 10.8 Å². The number of nitrogens with one attached hydrogen (secondary N) is 1. The summed E-state index contributed by atoms with van der Waals surface area (Å²) in [4.78, 5) is 0. The molecule has 14 heavy (non-hydrogen) atoms. The lowest BCUT2D eigenvalue weighted by Crippen LogP contribution is -2.68. The molecule has 0 heterocycles. The summed E-state index contributed by atoms with van der Waals surface area (Å²) in [6.07, 6.45) is 1.90. The van der Waals surface area contributed by atoms with Crippen molar-refractivity contribution in [3.8, 4) is 0 Å². The number of hydrazone groups is 1. The first-order valence-electron chi connectivity index (χ1n) is 4.26. The zero-order valence-electron chi connectivity index (χ0n) is 8.32. The van der Waals surface area contributed by atoms with E-state index in [0.717, 1.165) is 11.3 Å². The molecule has 0 aliphatic carbocycles. The zero-order chi connectivity index (χ0) is 10.4. The SMILES string of the molecule is CSC(N)=[NH+]/N=C(/C)c1ccccc1. The highest BCUT2D eigenvalue weighted by Crippen LogP contribution is 1.98. The quantitative estimate of drug-likeness (QED) is 0.413. The molecule has 4 heteroatoms. The second kappa shape index (κ2) is 5.44. The molecule has 0 saturated heterocycles. The lowest BCUT2D eigenvalue weighted by Gasteiger charge is -1.95. The Morgan fingerprint density at radius 2 is 2.00 bits per heavy atom. The van der Waals surface area contributed by atoms with Crippen molar-refractivity contribution in [1.82, 2.24) is 0 Å². The molecule has 1 aromatic carbocycles. The number of benzene rings is 1. The molecule has 0 fully saturated rings. The van der Waals surface area contributed by atoms with Crippen molar-refractivity contribution in [3.05, 3.63) is 35.9 Å². The Labute approximate surface area is 88.1 Å². The molecule has 0 spiro atoms. The second-order valence-electron chi connectivity index (χ2n) is 2.74. The minimum absolute atomic E-state index is 0.597. The summed E-state index contributed by atoms with van der Waals surface area (Å²) >= 11 is 1.44. The Hall–Kier alpha value is -1.29. The van der Waals surface area contributed by atoms with Gasteiger partial charge in [-0.2, -0.15) is 0 Å². The summed E-state index contributed by atoms with van der Waals surface area (Å²) in [7, 11) is 0. The van der Waals surface area contributed by atoms with Gasteiger partial charge in [-0.25, -0.2) is 0 Å². The van der Waals surface area contributed by atoms with Gasteiger partial charge in [0.1, 0.15) is 0 Å². The second-order valence-corrected chi connectivity index (χ2v) is 3.59. The largest absolute Gasteiger partial charge is 0.326 e. The summed E-state index contributed by atoms with van der Waals surface area (Å²) in [6.45, 7) is 1.94. The van der Waals surface area contributed by atoms with Crippen LogP contribution >= 0.6 is 11.8 Å². The number of rotatable bonds is 2. The molecule has 0 bridgehead atoms. The number of thioether (sulfide) groups is 1. The number of hydrogen-bond acceptors (Lipinski definition) is 2. The molecule has 3 N–H and O–H groups in total. The van der Waals surface area contributed by atoms with Gasteiger partial charge < -0.3 is 0 Å². The fourth-order valence-electron chi connectivity index (χ4n) is 0.928. The van der Waals surface area contributed by atoms with Crippen LogP contribution in [-0.2, 0) is 0 Å². The third kappa shape index (κ3) is 3.22. The molecule has 0 unspecified atom stereocenters. The van der Waals surface area contributed by atoms with E-state index in [4.69, 9.17) is 5.73 Å². The van der Waals surface area contributed by atoms with Gasteiger partial charge in [0, 0.05) is 0 Å². The zero-order valence-corrected chi connectivity index (χ0v) is 9.14. The molecule has 0 aliphatic heterocycles. The molecule has 0 radical (unpaired) electrons. The monoisotopic (exact) mass is 208 g/mol. The number of amidine groups is 1. The predicted octanol–water partition coefficient (Wildman–Crippen LogP) is 0.169. The Balaban J connectivity index is 2.81. The van der Waals surface area contributed by atoms with E-state index in [0.29, 0.717) is 5.17 Å². The molecular formula is C10H14N3S+. The van der Waals surface area contributed by atoms with Crippen molar-refractivity contribution in [2.45, 2.75) is 6.92 Å². The van der Waals surface area contributed by atoms with E-state index >= 15 is 0 Å². The summed E-state index contributed by atoms with van der Waals surface area (Å²) in [5.74, 6) is 0. The molecule has 1 aromatic rings. The van der Waals surface area contributed by atoms with Crippen LogP contribution in [0.1, 0.15) is 12.5 Å². The van der Waals surface area contributed by atoms with Crippen LogP contribution in [-0.4, -0.2) is 17.1 Å². The van der Waals surface area contributed by atoms with Crippen molar-refractivity contribution in [2.75, 3.05) is 6.26 Å². The maximum absolute atomic E-state index is 5.56. The van der Waals surface area contributed by atoms with Gasteiger partial charge in [0.2, 0.25) is 0 Å². The highest BCUT2D eigenvalue weighted by molar-refractivity contribution is 8.12. The molecule has 0 atom stereocenters. The molecule has 3 nitrogen and oxygen atoms in total. The predicted molar refractivity (Wildman–Crippen MR) is 62.3 cm³/mol. The maximum Gasteiger partial charge on any atom is 0.326 e. The van der Waals surface area contributed by atoms with E-state index in [1.54, 1.807) is 0 Å². The van der Waals surface area contributed by atoms with E-state index < -0.39 is 0 Å². The van der Waals surface area contributed by atoms with Crippen LogP contribution in [0.15, 0.2) is 35.4 Å². The Kier molecular flexibility index (Phi) is 4.19. The van der Waals surface area contributed by atoms with E-state index in [9.17, 15) is 0 Å². The minimum atomic E-state index is 0.597. The van der Waals surface area contributed by atoms with Crippen LogP contribution < -0.4 is 10.8 Å². The summed E-state index contributed by atoms with van der Waals surface area (Å²) in [5.41, 5.74) is 7.57. The van der Waals surface area contributed by atoms with Gasteiger partial charge in [0.05, 0.1) is 5.71 Å². The highest BCUT2D eigenvalue weighted by Gasteiger charge is 1.96. The van der Waals surface area contributed by atoms with Crippen molar-refractivity contribution >= 4 is 22.6 Å². The van der Waals surface area contributed by atoms with Crippen LogP contribution in [0.3, 0.4) is 0 Å². The van der Waals surface area contributed by atoms with Crippen LogP contribution in [0.25, 0.3) is 0 Å². The van der Waals surface area contributed by atoms with Gasteiger partial charge in [-0.05, 0) is 30.5 Å². The number of nitrogens with zero attached hydrogens (tertiary/aromatic N) is 1. The van der Waals surface area contributed by atoms with Crippen LogP contribution in [0.5, 0.6) is 0 Å². The molecule has 1 rings (SSSR count). The van der Waals surface area contributed by atoms with Crippen molar-refractivity contribution in [3.63, 3.8) is 0 Å². The molecule has 0 aliphatic rings. The third-order valence-corrected chi connectivity index (χ3v) is 2.28. The summed E-state index contributed by atoms with van der Waals surface area (Å²) in [6, 6.07) is 9.96. The van der Waals surface area contributed by atoms with Crippen LogP contribution in [0.4, 0.5) is 0 Å². The van der Waals surface area contributed by atoms with E-state index in [1.807, 2.05) is 43.5 Å². The molecule has 0 amide bonds. The smallest absolute Gasteiger partial charge is 0.280 e. The lowest BCUT2D eigenvalue weighted by atomic mass is 10.1. The van der Waals surface area contributed by atoms with E-state index in [-0.39, 0.29) is 0 Å². The van der Waals surface area contributed by atoms with Gasteiger partial charge >= 0.3 is 5.17 Å². The minimum Gasteiger partial charge on any atom is -0.280 e. The topological polar surface area (TPSA) is 52.4 Å². The normalized spacial score (nSPS) is 13.0. The molecule has 0 saturated carbocycles. The van der Waals surface area contributed by atoms with E-state index in [2.05, 4.69) is 10.2 Å². The number of nitrogens with two attached hydrogens (primary N) is 1. The Bertz CT molecular complexity index is 344. The lowest BCUT2D eigenvalue weighted by molar-refractivity contribution is -0.459. The van der Waals surface area contributed by atoms with E-state index in [1.165, 1.54) is 11.8 Å². The van der Waals surface area contributed by atoms with Gasteiger partial charge in [-0.3, -0.25) is 5.73 Å². The van der Waals surface area contributed by atoms with Gasteiger partial charge in [0.25, 0.3) is 0 Å². The van der Waals surface area contributed by atoms with Crippen LogP contribution in [0, 0.1) is 0 Å². The first kappa shape index (κ1) is 10.8. The molecule has 0 aromatic heterocycles. The number of hydrogen-bond donors (Lipinski definition) is 2. The highest BCUT2D eigenvalue weighted by atomic mass is 32.2. The molecular weight excluding hydrogens is 194 g/mol. The Morgan fingerprint density at radius 1 is 1.36 bits per heavy atom. The first-order chi connectivity index (χ1) is 6.74. The standard InChI is InChI=1S/C10H13N3S/c1-8(12-13-10(11)14-2)9-6-4-3-5-7-9/h3-7H,1-2H3,(H2,11,13)/p+1/b12-8-. The fourth-order valence-corrected chi connectivity index (χ4v) is 1.07. The fraction of sp³-hybridized carbons (Fsp3) is 0.200. The van der Waals surface area contributed by atoms with Crippen molar-refractivity contribution < 1.29 is 5.10 Å². The average Bonchev–Trinajstić information content (AvgIpc) is 2.26. The third-order valence-electron chi connectivity index (χ3n) is 1.75.